The number of aromatic amines is 1. The Bertz CT molecular complexity index is 159. The molecule has 0 saturated carbocycles. The number of aromatic nitrogens is 2. The number of halogens is 2. The van der Waals surface area contributed by atoms with Crippen LogP contribution < -0.4 is 24.8 Å². The molecular formula is C8H8Cl2N2Ti. The Labute approximate surface area is 105 Å². The Morgan fingerprint density at radius 3 is 1.92 bits per heavy atom. The van der Waals surface area contributed by atoms with Crippen molar-refractivity contribution in [1.82, 2.24) is 10.2 Å². The third kappa shape index (κ3) is 11.9. The molecular weight excluding hydrogens is 243 g/mol. The van der Waals surface area contributed by atoms with Crippen LogP contribution >= 0.6 is 0 Å². The molecule has 0 radical (unpaired) electrons. The van der Waals surface area contributed by atoms with Gasteiger partial charge in [0.25, 0.3) is 0 Å². The van der Waals surface area contributed by atoms with Gasteiger partial charge in [0.1, 0.15) is 0 Å². The molecule has 0 bridgehead atoms. The van der Waals surface area contributed by atoms with E-state index >= 15 is 0 Å². The van der Waals surface area contributed by atoms with Crippen molar-refractivity contribution in [3.05, 3.63) is 48.8 Å². The first-order chi connectivity index (χ1) is 5.00. The van der Waals surface area contributed by atoms with E-state index in [1.54, 1.807) is 12.3 Å². The zero-order chi connectivity index (χ0) is 7.07. The van der Waals surface area contributed by atoms with Gasteiger partial charge < -0.3 is 35.0 Å². The maximum absolute atomic E-state index is 3.47. The Hall–Kier alpha value is -0.146. The van der Waals surface area contributed by atoms with Crippen molar-refractivity contribution in [3.63, 3.8) is 0 Å². The normalized spacial score (nSPS) is 6.15. The molecule has 1 aromatic carbocycles. The largest absolute Gasteiger partial charge is 4.00 e. The summed E-state index contributed by atoms with van der Waals surface area (Å²) in [5.41, 5.74) is 0. The molecule has 1 aromatic heterocycles. The third-order valence-electron chi connectivity index (χ3n) is 0.917. The SMILES string of the molecule is [Cl-].[Cl-].[Ti+4].[c-]1cc[nH]n1.c1cc[cH-]c1. The van der Waals surface area contributed by atoms with E-state index in [4.69, 9.17) is 0 Å². The van der Waals surface area contributed by atoms with Gasteiger partial charge in [-0.1, -0.05) is 0 Å². The van der Waals surface area contributed by atoms with Crippen LogP contribution in [0.2, 0.25) is 0 Å². The van der Waals surface area contributed by atoms with Crippen LogP contribution in [0, 0.1) is 6.20 Å². The van der Waals surface area contributed by atoms with Crippen molar-refractivity contribution in [2.75, 3.05) is 0 Å². The molecule has 2 aromatic rings. The molecule has 68 valence electrons. The van der Waals surface area contributed by atoms with Gasteiger partial charge in [0.2, 0.25) is 0 Å². The van der Waals surface area contributed by atoms with Gasteiger partial charge in [-0.2, -0.15) is 24.3 Å². The predicted molar refractivity (Wildman–Crippen MR) is 39.5 cm³/mol. The fraction of sp³-hybridized carbons (Fsp3) is 0. The van der Waals surface area contributed by atoms with E-state index in [0.29, 0.717) is 0 Å². The van der Waals surface area contributed by atoms with E-state index in [1.807, 2.05) is 30.3 Å². The molecule has 0 aliphatic carbocycles. The molecule has 2 nitrogen and oxygen atoms in total. The number of hydrogen-bond acceptors (Lipinski definition) is 1. The summed E-state index contributed by atoms with van der Waals surface area (Å²) in [6.07, 6.45) is 4.26. The summed E-state index contributed by atoms with van der Waals surface area (Å²) in [6, 6.07) is 11.7. The van der Waals surface area contributed by atoms with Gasteiger partial charge in [0, 0.05) is 0 Å². The summed E-state index contributed by atoms with van der Waals surface area (Å²) in [6.45, 7) is 0. The molecule has 2 rings (SSSR count). The Balaban J connectivity index is -0.000000125. The number of nitrogens with zero attached hydrogens (tertiary/aromatic N) is 1. The minimum absolute atomic E-state index is 0. The van der Waals surface area contributed by atoms with Gasteiger partial charge in [0.05, 0.1) is 0 Å². The Kier molecular flexibility index (Phi) is 20.6. The van der Waals surface area contributed by atoms with Crippen LogP contribution in [0.4, 0.5) is 0 Å². The summed E-state index contributed by atoms with van der Waals surface area (Å²) < 4.78 is 0. The summed E-state index contributed by atoms with van der Waals surface area (Å²) in [4.78, 5) is 0. The molecule has 0 fully saturated rings. The third-order valence-corrected chi connectivity index (χ3v) is 0.917. The van der Waals surface area contributed by atoms with Gasteiger partial charge in [-0.3, -0.25) is 0 Å². The average Bonchev–Trinajstić information content (AvgIpc) is 2.67. The topological polar surface area (TPSA) is 28.7 Å². The smallest absolute Gasteiger partial charge is 1.00 e. The summed E-state index contributed by atoms with van der Waals surface area (Å²) in [5, 5.41) is 6.03. The average molecular weight is 251 g/mol. The standard InChI is InChI=1S/C5H5.C3H3N2.2ClH.Ti/c2*1-2-4-5-3-1;;;/h1-5H;1-2H,(H,4,5);2*1H;/q2*-1;;;+4/p-2. The number of H-pyrrole nitrogens is 1. The van der Waals surface area contributed by atoms with Gasteiger partial charge in [-0.25, -0.2) is 12.1 Å². The van der Waals surface area contributed by atoms with Crippen molar-refractivity contribution in [3.8, 4) is 0 Å². The predicted octanol–water partition coefficient (Wildman–Crippen LogP) is -4.38. The molecule has 13 heavy (non-hydrogen) atoms. The maximum atomic E-state index is 3.47. The number of hydrogen-bond donors (Lipinski definition) is 1. The molecule has 0 amide bonds. The van der Waals surface area contributed by atoms with E-state index in [-0.39, 0.29) is 46.5 Å². The summed E-state index contributed by atoms with van der Waals surface area (Å²) in [7, 11) is 0. The zero-order valence-corrected chi connectivity index (χ0v) is 9.82. The molecule has 1 N–H and O–H groups in total. The molecule has 5 heteroatoms. The van der Waals surface area contributed by atoms with Crippen LogP contribution in [-0.4, -0.2) is 10.2 Å². The van der Waals surface area contributed by atoms with Crippen molar-refractivity contribution in [1.29, 1.82) is 0 Å². The van der Waals surface area contributed by atoms with Gasteiger partial charge >= 0.3 is 21.7 Å². The van der Waals surface area contributed by atoms with Gasteiger partial charge in [0.15, 0.2) is 0 Å². The van der Waals surface area contributed by atoms with E-state index in [2.05, 4.69) is 16.4 Å². The quantitative estimate of drug-likeness (QED) is 0.372. The monoisotopic (exact) mass is 250 g/mol. The van der Waals surface area contributed by atoms with Crippen LogP contribution in [0.15, 0.2) is 42.6 Å². The summed E-state index contributed by atoms with van der Waals surface area (Å²) >= 11 is 0. The van der Waals surface area contributed by atoms with E-state index in [9.17, 15) is 0 Å². The van der Waals surface area contributed by atoms with E-state index in [0.717, 1.165) is 0 Å². The van der Waals surface area contributed by atoms with E-state index in [1.165, 1.54) is 0 Å². The first kappa shape index (κ1) is 18.6. The minimum Gasteiger partial charge on any atom is -1.00 e. The van der Waals surface area contributed by atoms with Crippen LogP contribution in [0.25, 0.3) is 0 Å². The zero-order valence-electron chi connectivity index (χ0n) is 6.74. The Morgan fingerprint density at radius 2 is 1.77 bits per heavy atom. The van der Waals surface area contributed by atoms with Crippen LogP contribution in [0.3, 0.4) is 0 Å². The second kappa shape index (κ2) is 14.4. The number of nitrogens with one attached hydrogen (secondary N) is 1. The van der Waals surface area contributed by atoms with Crippen molar-refractivity contribution >= 4 is 0 Å². The van der Waals surface area contributed by atoms with Crippen LogP contribution in [-0.2, 0) is 21.7 Å². The van der Waals surface area contributed by atoms with Crippen molar-refractivity contribution < 1.29 is 46.5 Å². The number of rotatable bonds is 0. The molecule has 0 aliphatic heterocycles. The van der Waals surface area contributed by atoms with Crippen molar-refractivity contribution in [2.24, 2.45) is 0 Å². The second-order valence-electron chi connectivity index (χ2n) is 1.67. The van der Waals surface area contributed by atoms with E-state index < -0.39 is 0 Å². The first-order valence-electron chi connectivity index (χ1n) is 3.02. The second-order valence-corrected chi connectivity index (χ2v) is 1.67. The first-order valence-corrected chi connectivity index (χ1v) is 3.02. The van der Waals surface area contributed by atoms with Crippen molar-refractivity contribution in [2.45, 2.75) is 0 Å². The fourth-order valence-corrected chi connectivity index (χ4v) is 0.507. The van der Waals surface area contributed by atoms with Crippen LogP contribution in [0.1, 0.15) is 0 Å². The minimum atomic E-state index is 0. The molecule has 0 aliphatic rings. The summed E-state index contributed by atoms with van der Waals surface area (Å²) in [5.74, 6) is 0. The van der Waals surface area contributed by atoms with Crippen LogP contribution in [0.5, 0.6) is 0 Å². The molecule has 0 saturated heterocycles. The fourth-order valence-electron chi connectivity index (χ4n) is 0.507. The molecule has 0 atom stereocenters. The maximum Gasteiger partial charge on any atom is 4.00 e. The molecule has 1 heterocycles. The molecule has 0 unspecified atom stereocenters. The molecule has 0 spiro atoms. The van der Waals surface area contributed by atoms with Gasteiger partial charge in [-0.05, 0) is 0 Å². The Morgan fingerprint density at radius 1 is 1.15 bits per heavy atom. The van der Waals surface area contributed by atoms with Gasteiger partial charge in [-0.15, -0.1) is 12.4 Å².